The lowest BCUT2D eigenvalue weighted by Gasteiger charge is -2.11. The maximum atomic E-state index is 4.82. The minimum atomic E-state index is 0.548. The van der Waals surface area contributed by atoms with Gasteiger partial charge in [0.1, 0.15) is 11.3 Å². The van der Waals surface area contributed by atoms with Gasteiger partial charge >= 0.3 is 0 Å². The number of imidazole rings is 1. The Labute approximate surface area is 187 Å². The molecule has 0 saturated carbocycles. The van der Waals surface area contributed by atoms with Crippen LogP contribution in [-0.4, -0.2) is 39.7 Å². The van der Waals surface area contributed by atoms with Crippen LogP contribution in [0.1, 0.15) is 31.2 Å². The van der Waals surface area contributed by atoms with Crippen LogP contribution in [-0.2, 0) is 13.0 Å². The Bertz CT molecular complexity index is 1300. The number of aromatic amines is 1. The number of rotatable bonds is 7. The Balaban J connectivity index is 1.46. The number of tetrazole rings is 1. The van der Waals surface area contributed by atoms with Gasteiger partial charge in [0.15, 0.2) is 5.65 Å². The molecule has 0 aliphatic rings. The van der Waals surface area contributed by atoms with Crippen molar-refractivity contribution in [2.24, 2.45) is 0 Å². The summed E-state index contributed by atoms with van der Waals surface area (Å²) in [7, 11) is 0. The molecule has 0 saturated heterocycles. The average Bonchev–Trinajstić information content (AvgIpc) is 3.52. The number of benzene rings is 1. The van der Waals surface area contributed by atoms with E-state index in [2.05, 4.69) is 77.3 Å². The number of pyridine rings is 1. The smallest absolute Gasteiger partial charge is 0.221 e. The van der Waals surface area contributed by atoms with Crippen LogP contribution in [0.15, 0.2) is 59.3 Å². The van der Waals surface area contributed by atoms with Crippen molar-refractivity contribution < 1.29 is 0 Å². The van der Waals surface area contributed by atoms with Gasteiger partial charge in [-0.1, -0.05) is 25.5 Å². The largest absolute Gasteiger partial charge is 0.313 e. The molecule has 0 bridgehead atoms. The average molecular weight is 477 g/mol. The van der Waals surface area contributed by atoms with E-state index in [9.17, 15) is 0 Å². The van der Waals surface area contributed by atoms with Gasteiger partial charge in [0.05, 0.1) is 12.2 Å². The highest BCUT2D eigenvalue weighted by Gasteiger charge is 2.14. The van der Waals surface area contributed by atoms with E-state index in [4.69, 9.17) is 4.98 Å². The monoisotopic (exact) mass is 476 g/mol. The number of aromatic nitrogens is 8. The third kappa shape index (κ3) is 3.88. The molecule has 0 atom stereocenters. The molecule has 4 aromatic heterocycles. The minimum absolute atomic E-state index is 0.548. The third-order valence-corrected chi connectivity index (χ3v) is 5.69. The highest BCUT2D eigenvalue weighted by Crippen LogP contribution is 2.26. The molecule has 1 N–H and O–H groups in total. The lowest BCUT2D eigenvalue weighted by molar-refractivity contribution is 0.686. The molecule has 156 valence electrons. The van der Waals surface area contributed by atoms with E-state index in [0.29, 0.717) is 5.82 Å². The summed E-state index contributed by atoms with van der Waals surface area (Å²) in [6.07, 6.45) is 7.04. The summed E-state index contributed by atoms with van der Waals surface area (Å²) in [6.45, 7) is 2.94. The summed E-state index contributed by atoms with van der Waals surface area (Å²) < 4.78 is 5.23. The lowest BCUT2D eigenvalue weighted by Crippen LogP contribution is -2.06. The maximum Gasteiger partial charge on any atom is 0.221 e. The number of halogens is 1. The van der Waals surface area contributed by atoms with Gasteiger partial charge in [-0.25, -0.2) is 9.97 Å². The quantitative estimate of drug-likeness (QED) is 0.371. The van der Waals surface area contributed by atoms with Crippen molar-refractivity contribution in [1.82, 2.24) is 39.7 Å². The highest BCUT2D eigenvalue weighted by atomic mass is 79.9. The molecule has 0 radical (unpaired) electrons. The molecule has 31 heavy (non-hydrogen) atoms. The predicted octanol–water partition coefficient (Wildman–Crippen LogP) is 4.56. The van der Waals surface area contributed by atoms with Gasteiger partial charge in [-0.3, -0.25) is 0 Å². The van der Waals surface area contributed by atoms with E-state index in [1.807, 2.05) is 35.2 Å². The van der Waals surface area contributed by atoms with Crippen molar-refractivity contribution in [3.8, 4) is 17.2 Å². The topological polar surface area (TPSA) is 90.1 Å². The molecule has 5 aromatic rings. The first-order valence-electron chi connectivity index (χ1n) is 10.2. The molecule has 9 heteroatoms. The Morgan fingerprint density at radius 1 is 1.13 bits per heavy atom. The van der Waals surface area contributed by atoms with Gasteiger partial charge in [-0.15, -0.1) is 10.2 Å². The van der Waals surface area contributed by atoms with Gasteiger partial charge in [0, 0.05) is 29.0 Å². The molecule has 0 aliphatic carbocycles. The van der Waals surface area contributed by atoms with E-state index >= 15 is 0 Å². The fourth-order valence-electron chi connectivity index (χ4n) is 3.73. The second-order valence-electron chi connectivity index (χ2n) is 7.38. The molecule has 1 aromatic carbocycles. The Morgan fingerprint density at radius 2 is 2.00 bits per heavy atom. The molecule has 8 nitrogen and oxygen atoms in total. The SMILES string of the molecule is CCCCc1nc2cccnc2n1Cc1ccc(-n2cc(Br)cc2-c2nn[nH]n2)cc1. The van der Waals surface area contributed by atoms with E-state index in [1.165, 1.54) is 5.56 Å². The number of unbranched alkanes of at least 4 members (excludes halogenated alkanes) is 1. The van der Waals surface area contributed by atoms with Crippen molar-refractivity contribution >= 4 is 27.1 Å². The lowest BCUT2D eigenvalue weighted by atomic mass is 10.2. The number of hydrogen-bond acceptors (Lipinski definition) is 5. The van der Waals surface area contributed by atoms with Crippen LogP contribution in [0.4, 0.5) is 0 Å². The van der Waals surface area contributed by atoms with Gasteiger partial charge in [-0.2, -0.15) is 5.21 Å². The summed E-state index contributed by atoms with van der Waals surface area (Å²) in [5.74, 6) is 1.64. The van der Waals surface area contributed by atoms with Crippen LogP contribution in [0.5, 0.6) is 0 Å². The standard InChI is InChI=1S/C22H21BrN8/c1-2-3-6-20-25-18-5-4-11-24-22(18)31(20)13-15-7-9-17(10-8-15)30-14-16(23)12-19(30)21-26-28-29-27-21/h4-5,7-12,14H,2-3,6,13H2,1H3,(H,26,27,28,29). The molecule has 5 rings (SSSR count). The van der Waals surface area contributed by atoms with E-state index in [-0.39, 0.29) is 0 Å². The van der Waals surface area contributed by atoms with Crippen LogP contribution in [0.25, 0.3) is 28.4 Å². The number of nitrogens with one attached hydrogen (secondary N) is 1. The zero-order valence-electron chi connectivity index (χ0n) is 17.0. The first-order valence-corrected chi connectivity index (χ1v) is 11.0. The van der Waals surface area contributed by atoms with Crippen molar-refractivity contribution in [3.63, 3.8) is 0 Å². The van der Waals surface area contributed by atoms with Gasteiger partial charge in [0.2, 0.25) is 5.82 Å². The summed E-state index contributed by atoms with van der Waals surface area (Å²) in [5.41, 5.74) is 4.96. The second kappa shape index (κ2) is 8.43. The zero-order chi connectivity index (χ0) is 21.2. The summed E-state index contributed by atoms with van der Waals surface area (Å²) in [6, 6.07) is 14.4. The second-order valence-corrected chi connectivity index (χ2v) is 8.29. The molecule has 0 fully saturated rings. The molecule has 0 aliphatic heterocycles. The van der Waals surface area contributed by atoms with Crippen molar-refractivity contribution in [3.05, 3.63) is 70.7 Å². The Morgan fingerprint density at radius 3 is 2.77 bits per heavy atom. The van der Waals surface area contributed by atoms with Gasteiger partial charge in [-0.05, 0) is 63.5 Å². The van der Waals surface area contributed by atoms with Crippen molar-refractivity contribution in [2.75, 3.05) is 0 Å². The van der Waals surface area contributed by atoms with Crippen LogP contribution >= 0.6 is 15.9 Å². The normalized spacial score (nSPS) is 11.4. The van der Waals surface area contributed by atoms with Gasteiger partial charge in [0.25, 0.3) is 0 Å². The third-order valence-electron chi connectivity index (χ3n) is 5.25. The fourth-order valence-corrected chi connectivity index (χ4v) is 4.15. The van der Waals surface area contributed by atoms with E-state index in [1.54, 1.807) is 0 Å². The number of nitrogens with zero attached hydrogens (tertiary/aromatic N) is 7. The Kier molecular flexibility index (Phi) is 5.33. The molecule has 0 unspecified atom stereocenters. The number of aryl methyl sites for hydroxylation is 1. The molecular weight excluding hydrogens is 456 g/mol. The van der Waals surface area contributed by atoms with Crippen molar-refractivity contribution in [1.29, 1.82) is 0 Å². The summed E-state index contributed by atoms with van der Waals surface area (Å²) in [4.78, 5) is 9.41. The molecule has 0 spiro atoms. The highest BCUT2D eigenvalue weighted by molar-refractivity contribution is 9.10. The number of fused-ring (bicyclic) bond motifs is 1. The summed E-state index contributed by atoms with van der Waals surface area (Å²) >= 11 is 3.55. The summed E-state index contributed by atoms with van der Waals surface area (Å²) in [5, 5.41) is 14.4. The molecule has 0 amide bonds. The van der Waals surface area contributed by atoms with E-state index in [0.717, 1.165) is 58.6 Å². The first kappa shape index (κ1) is 19.6. The van der Waals surface area contributed by atoms with E-state index < -0.39 is 0 Å². The maximum absolute atomic E-state index is 4.82. The van der Waals surface area contributed by atoms with Crippen LogP contribution < -0.4 is 0 Å². The van der Waals surface area contributed by atoms with Crippen LogP contribution in [0.2, 0.25) is 0 Å². The minimum Gasteiger partial charge on any atom is -0.313 e. The zero-order valence-corrected chi connectivity index (χ0v) is 18.6. The molecular formula is C22H21BrN8. The fraction of sp³-hybridized carbons (Fsp3) is 0.227. The predicted molar refractivity (Wildman–Crippen MR) is 122 cm³/mol. The number of hydrogen-bond donors (Lipinski definition) is 1. The Hall–Kier alpha value is -3.33. The number of H-pyrrole nitrogens is 1. The van der Waals surface area contributed by atoms with Crippen LogP contribution in [0.3, 0.4) is 0 Å². The van der Waals surface area contributed by atoms with Crippen molar-refractivity contribution in [2.45, 2.75) is 32.7 Å². The van der Waals surface area contributed by atoms with Crippen LogP contribution in [0, 0.1) is 0 Å². The van der Waals surface area contributed by atoms with Gasteiger partial charge < -0.3 is 9.13 Å². The first-order chi connectivity index (χ1) is 15.2. The molecule has 4 heterocycles.